The number of carbonyl (C=O) groups is 2. The Bertz CT molecular complexity index is 607. The zero-order chi connectivity index (χ0) is 14.5. The minimum absolute atomic E-state index is 0.0517. The highest BCUT2D eigenvalue weighted by atomic mass is 16.2. The Morgan fingerprint density at radius 2 is 2.05 bits per heavy atom. The highest BCUT2D eigenvalue weighted by Crippen LogP contribution is 2.11. The molecule has 2 aromatic rings. The summed E-state index contributed by atoms with van der Waals surface area (Å²) < 4.78 is 0. The van der Waals surface area contributed by atoms with Crippen LogP contribution in [0.25, 0.3) is 0 Å². The van der Waals surface area contributed by atoms with Gasteiger partial charge < -0.3 is 10.6 Å². The van der Waals surface area contributed by atoms with Crippen molar-refractivity contribution in [1.82, 2.24) is 20.7 Å². The van der Waals surface area contributed by atoms with Crippen molar-refractivity contribution >= 4 is 17.5 Å². The minimum atomic E-state index is -0.389. The van der Waals surface area contributed by atoms with Crippen molar-refractivity contribution in [1.29, 1.82) is 0 Å². The Labute approximate surface area is 115 Å². The molecule has 3 N–H and O–H groups in total. The second-order valence-electron chi connectivity index (χ2n) is 4.52. The Balaban J connectivity index is 2.10. The fourth-order valence-electron chi connectivity index (χ4n) is 1.59. The molecular formula is C13H15N5O2. The Morgan fingerprint density at radius 3 is 2.70 bits per heavy atom. The van der Waals surface area contributed by atoms with Crippen molar-refractivity contribution in [3.8, 4) is 0 Å². The molecule has 7 heteroatoms. The van der Waals surface area contributed by atoms with Crippen molar-refractivity contribution in [3.05, 3.63) is 41.7 Å². The molecule has 0 fully saturated rings. The second kappa shape index (κ2) is 5.96. The number of aromatic nitrogens is 3. The predicted octanol–water partition coefficient (Wildman–Crippen LogP) is 1.20. The van der Waals surface area contributed by atoms with Crippen LogP contribution in [0.4, 0.5) is 5.69 Å². The van der Waals surface area contributed by atoms with Gasteiger partial charge in [-0.05, 0) is 32.0 Å². The number of aromatic amines is 1. The maximum Gasteiger partial charge on any atom is 0.277 e. The van der Waals surface area contributed by atoms with E-state index in [0.29, 0.717) is 11.3 Å². The lowest BCUT2D eigenvalue weighted by atomic mass is 10.1. The molecule has 104 valence electrons. The number of hydrogen-bond acceptors (Lipinski definition) is 4. The van der Waals surface area contributed by atoms with Crippen molar-refractivity contribution in [2.75, 3.05) is 5.32 Å². The summed E-state index contributed by atoms with van der Waals surface area (Å²) in [6.45, 7) is 3.77. The zero-order valence-corrected chi connectivity index (χ0v) is 11.2. The first-order valence-electron chi connectivity index (χ1n) is 6.14. The van der Waals surface area contributed by atoms with Gasteiger partial charge in [0.25, 0.3) is 11.8 Å². The molecule has 1 heterocycles. The van der Waals surface area contributed by atoms with Gasteiger partial charge in [0.2, 0.25) is 0 Å². The molecule has 1 aromatic heterocycles. The van der Waals surface area contributed by atoms with E-state index >= 15 is 0 Å². The third kappa shape index (κ3) is 3.41. The normalized spacial score (nSPS) is 10.3. The summed E-state index contributed by atoms with van der Waals surface area (Å²) in [4.78, 5) is 23.7. The summed E-state index contributed by atoms with van der Waals surface area (Å²) >= 11 is 0. The molecule has 0 atom stereocenters. The topological polar surface area (TPSA) is 99.8 Å². The van der Waals surface area contributed by atoms with E-state index < -0.39 is 0 Å². The van der Waals surface area contributed by atoms with E-state index in [0.717, 1.165) is 0 Å². The predicted molar refractivity (Wildman–Crippen MR) is 73.4 cm³/mol. The quantitative estimate of drug-likeness (QED) is 0.779. The SMILES string of the molecule is CC(C)NC(=O)c1cccc(NC(=O)c2cn[nH]n2)c1. The highest BCUT2D eigenvalue weighted by molar-refractivity contribution is 6.03. The maximum atomic E-state index is 11.9. The lowest BCUT2D eigenvalue weighted by molar-refractivity contribution is 0.0941. The number of amides is 2. The number of nitrogens with one attached hydrogen (secondary N) is 3. The van der Waals surface area contributed by atoms with E-state index in [2.05, 4.69) is 26.0 Å². The van der Waals surface area contributed by atoms with E-state index in [1.165, 1.54) is 6.20 Å². The van der Waals surface area contributed by atoms with Crippen LogP contribution in [0.5, 0.6) is 0 Å². The van der Waals surface area contributed by atoms with E-state index in [1.807, 2.05) is 13.8 Å². The van der Waals surface area contributed by atoms with Crippen LogP contribution >= 0.6 is 0 Å². The lowest BCUT2D eigenvalue weighted by Gasteiger charge is -2.09. The smallest absolute Gasteiger partial charge is 0.277 e. The molecule has 0 spiro atoms. The molecule has 7 nitrogen and oxygen atoms in total. The van der Waals surface area contributed by atoms with Gasteiger partial charge in [-0.3, -0.25) is 9.59 Å². The van der Waals surface area contributed by atoms with E-state index in [-0.39, 0.29) is 23.6 Å². The molecule has 20 heavy (non-hydrogen) atoms. The summed E-state index contributed by atoms with van der Waals surface area (Å²) in [7, 11) is 0. The monoisotopic (exact) mass is 273 g/mol. The van der Waals surface area contributed by atoms with Crippen LogP contribution < -0.4 is 10.6 Å². The van der Waals surface area contributed by atoms with Gasteiger partial charge in [-0.1, -0.05) is 6.07 Å². The fraction of sp³-hybridized carbons (Fsp3) is 0.231. The molecule has 0 aliphatic rings. The van der Waals surface area contributed by atoms with Gasteiger partial charge >= 0.3 is 0 Å². The summed E-state index contributed by atoms with van der Waals surface area (Å²) in [6.07, 6.45) is 1.32. The average molecular weight is 273 g/mol. The average Bonchev–Trinajstić information content (AvgIpc) is 2.92. The molecule has 0 radical (unpaired) electrons. The first kappa shape index (κ1) is 13.7. The number of hydrogen-bond donors (Lipinski definition) is 3. The Kier molecular flexibility index (Phi) is 4.09. The molecule has 0 saturated heterocycles. The molecule has 0 aliphatic carbocycles. The number of rotatable bonds is 4. The van der Waals surface area contributed by atoms with Gasteiger partial charge in [-0.25, -0.2) is 0 Å². The molecule has 0 saturated carbocycles. The van der Waals surface area contributed by atoms with E-state index in [4.69, 9.17) is 0 Å². The first-order valence-corrected chi connectivity index (χ1v) is 6.14. The van der Waals surface area contributed by atoms with Gasteiger partial charge in [-0.2, -0.15) is 15.4 Å². The number of carbonyl (C=O) groups excluding carboxylic acids is 2. The summed E-state index contributed by atoms with van der Waals surface area (Å²) in [5, 5.41) is 15.0. The highest BCUT2D eigenvalue weighted by Gasteiger charge is 2.11. The largest absolute Gasteiger partial charge is 0.350 e. The van der Waals surface area contributed by atoms with Crippen molar-refractivity contribution in [2.45, 2.75) is 19.9 Å². The van der Waals surface area contributed by atoms with Crippen molar-refractivity contribution in [2.24, 2.45) is 0 Å². The van der Waals surface area contributed by atoms with Crippen LogP contribution in [0.15, 0.2) is 30.5 Å². The minimum Gasteiger partial charge on any atom is -0.350 e. The zero-order valence-electron chi connectivity index (χ0n) is 11.2. The van der Waals surface area contributed by atoms with E-state index in [9.17, 15) is 9.59 Å². The molecular weight excluding hydrogens is 258 g/mol. The Morgan fingerprint density at radius 1 is 1.25 bits per heavy atom. The standard InChI is InChI=1S/C13H15N5O2/c1-8(2)15-12(19)9-4-3-5-10(6-9)16-13(20)11-7-14-18-17-11/h3-8H,1-2H3,(H,15,19)(H,16,20)(H,14,17,18). The second-order valence-corrected chi connectivity index (χ2v) is 4.52. The van der Waals surface area contributed by atoms with Crippen LogP contribution in [0.1, 0.15) is 34.7 Å². The lowest BCUT2D eigenvalue weighted by Crippen LogP contribution is -2.30. The third-order valence-electron chi connectivity index (χ3n) is 2.45. The molecule has 1 aromatic carbocycles. The van der Waals surface area contributed by atoms with Gasteiger partial charge in [-0.15, -0.1) is 0 Å². The number of nitrogens with zero attached hydrogens (tertiary/aromatic N) is 2. The Hall–Kier alpha value is -2.70. The van der Waals surface area contributed by atoms with Crippen LogP contribution in [0, 0.1) is 0 Å². The van der Waals surface area contributed by atoms with Crippen LogP contribution in [0.3, 0.4) is 0 Å². The molecule has 2 rings (SSSR count). The van der Waals surface area contributed by atoms with Crippen LogP contribution in [-0.2, 0) is 0 Å². The summed E-state index contributed by atoms with van der Waals surface area (Å²) in [5.74, 6) is -0.572. The van der Waals surface area contributed by atoms with Crippen LogP contribution in [-0.4, -0.2) is 33.3 Å². The number of anilines is 1. The van der Waals surface area contributed by atoms with Gasteiger partial charge in [0.1, 0.15) is 0 Å². The summed E-state index contributed by atoms with van der Waals surface area (Å²) in [5.41, 5.74) is 1.19. The molecule has 0 aliphatic heterocycles. The molecule has 0 bridgehead atoms. The van der Waals surface area contributed by atoms with Gasteiger partial charge in [0.15, 0.2) is 5.69 Å². The first-order chi connectivity index (χ1) is 9.56. The van der Waals surface area contributed by atoms with Crippen LogP contribution in [0.2, 0.25) is 0 Å². The number of benzene rings is 1. The number of H-pyrrole nitrogens is 1. The van der Waals surface area contributed by atoms with Gasteiger partial charge in [0, 0.05) is 17.3 Å². The summed E-state index contributed by atoms with van der Waals surface area (Å²) in [6, 6.07) is 6.74. The molecule has 0 unspecified atom stereocenters. The maximum absolute atomic E-state index is 11.9. The van der Waals surface area contributed by atoms with Crippen molar-refractivity contribution in [3.63, 3.8) is 0 Å². The van der Waals surface area contributed by atoms with Gasteiger partial charge in [0.05, 0.1) is 6.20 Å². The fourth-order valence-corrected chi connectivity index (χ4v) is 1.59. The third-order valence-corrected chi connectivity index (χ3v) is 2.45. The van der Waals surface area contributed by atoms with Crippen molar-refractivity contribution < 1.29 is 9.59 Å². The van der Waals surface area contributed by atoms with E-state index in [1.54, 1.807) is 24.3 Å². The molecule has 2 amide bonds.